The Morgan fingerprint density at radius 1 is 1.06 bits per heavy atom. The number of halogens is 4. The van der Waals surface area contributed by atoms with Gasteiger partial charge in [0.15, 0.2) is 5.76 Å². The summed E-state index contributed by atoms with van der Waals surface area (Å²) >= 11 is 7.01. The van der Waals surface area contributed by atoms with Crippen LogP contribution in [-0.4, -0.2) is 17.1 Å². The Morgan fingerprint density at radius 3 is 2.39 bits per heavy atom. The fourth-order valence-corrected chi connectivity index (χ4v) is 3.56. The number of alkyl halides is 3. The first-order valence-electron chi connectivity index (χ1n) is 8.92. The van der Waals surface area contributed by atoms with Gasteiger partial charge in [0.25, 0.3) is 5.91 Å². The van der Waals surface area contributed by atoms with E-state index in [0.29, 0.717) is 5.02 Å². The Morgan fingerprint density at radius 2 is 1.77 bits per heavy atom. The summed E-state index contributed by atoms with van der Waals surface area (Å²) in [6.07, 6.45) is -3.47. The van der Waals surface area contributed by atoms with Crippen LogP contribution in [0.1, 0.15) is 23.0 Å². The number of carbonyl (C=O) groups excluding carboxylic acids is 2. The van der Waals surface area contributed by atoms with Crippen LogP contribution in [0.5, 0.6) is 0 Å². The molecular weight excluding hydrogens is 453 g/mol. The van der Waals surface area contributed by atoms with Crippen LogP contribution in [0, 0.1) is 0 Å². The van der Waals surface area contributed by atoms with E-state index < -0.39 is 34.5 Å². The monoisotopic (exact) mass is 468 g/mol. The SMILES string of the molecule is CC(Sc1ccc(Cl)cc1)C(=O)Nc1ccc(NC(=O)c2ccco2)cc1C(F)(F)F. The number of carbonyl (C=O) groups is 2. The third kappa shape index (κ3) is 6.05. The van der Waals surface area contributed by atoms with Gasteiger partial charge in [0.05, 0.1) is 22.8 Å². The molecule has 0 radical (unpaired) electrons. The third-order valence-electron chi connectivity index (χ3n) is 4.08. The number of benzene rings is 2. The Bertz CT molecular complexity index is 1070. The van der Waals surface area contributed by atoms with Gasteiger partial charge in [0, 0.05) is 15.6 Å². The van der Waals surface area contributed by atoms with Crippen LogP contribution < -0.4 is 10.6 Å². The van der Waals surface area contributed by atoms with Crippen molar-refractivity contribution in [3.63, 3.8) is 0 Å². The summed E-state index contributed by atoms with van der Waals surface area (Å²) < 4.78 is 45.6. The second kappa shape index (κ2) is 9.49. The highest BCUT2D eigenvalue weighted by molar-refractivity contribution is 8.00. The second-order valence-electron chi connectivity index (χ2n) is 6.39. The minimum absolute atomic E-state index is 0.0426. The molecule has 1 atom stereocenters. The summed E-state index contributed by atoms with van der Waals surface area (Å²) in [6.45, 7) is 1.58. The fourth-order valence-electron chi connectivity index (χ4n) is 2.57. The van der Waals surface area contributed by atoms with Crippen molar-refractivity contribution in [2.45, 2.75) is 23.2 Å². The van der Waals surface area contributed by atoms with E-state index in [1.165, 1.54) is 36.2 Å². The van der Waals surface area contributed by atoms with Crippen molar-refractivity contribution in [2.75, 3.05) is 10.6 Å². The Kier molecular flexibility index (Phi) is 6.97. The van der Waals surface area contributed by atoms with E-state index in [1.54, 1.807) is 31.2 Å². The molecule has 0 bridgehead atoms. The molecule has 2 amide bonds. The fraction of sp³-hybridized carbons (Fsp3) is 0.143. The molecule has 2 N–H and O–H groups in total. The topological polar surface area (TPSA) is 71.3 Å². The van der Waals surface area contributed by atoms with Crippen LogP contribution in [0.4, 0.5) is 24.5 Å². The van der Waals surface area contributed by atoms with Crippen molar-refractivity contribution in [3.05, 3.63) is 77.2 Å². The highest BCUT2D eigenvalue weighted by Crippen LogP contribution is 2.37. The maximum Gasteiger partial charge on any atom is 0.418 e. The predicted octanol–water partition coefficient (Wildman–Crippen LogP) is 6.32. The highest BCUT2D eigenvalue weighted by Gasteiger charge is 2.35. The van der Waals surface area contributed by atoms with Gasteiger partial charge in [0.1, 0.15) is 0 Å². The van der Waals surface area contributed by atoms with Gasteiger partial charge in [-0.3, -0.25) is 9.59 Å². The normalized spacial score (nSPS) is 12.3. The first-order chi connectivity index (χ1) is 14.6. The zero-order chi connectivity index (χ0) is 22.6. The number of thioether (sulfide) groups is 1. The summed E-state index contributed by atoms with van der Waals surface area (Å²) in [5.74, 6) is -1.33. The molecule has 0 spiro atoms. The van der Waals surface area contributed by atoms with Crippen molar-refractivity contribution in [2.24, 2.45) is 0 Å². The van der Waals surface area contributed by atoms with Crippen LogP contribution in [0.2, 0.25) is 5.02 Å². The van der Waals surface area contributed by atoms with Crippen LogP contribution >= 0.6 is 23.4 Å². The van der Waals surface area contributed by atoms with Gasteiger partial charge in [0.2, 0.25) is 5.91 Å². The first kappa shape index (κ1) is 22.8. The van der Waals surface area contributed by atoms with Crippen molar-refractivity contribution < 1.29 is 27.2 Å². The third-order valence-corrected chi connectivity index (χ3v) is 5.45. The Hall–Kier alpha value is -2.91. The lowest BCUT2D eigenvalue weighted by Gasteiger charge is -2.17. The molecule has 0 saturated heterocycles. The molecule has 3 aromatic rings. The van der Waals surface area contributed by atoms with Gasteiger partial charge in [-0.05, 0) is 61.5 Å². The maximum absolute atomic E-state index is 13.6. The molecule has 2 aromatic carbocycles. The number of furan rings is 1. The van der Waals surface area contributed by atoms with Crippen LogP contribution in [0.3, 0.4) is 0 Å². The molecule has 5 nitrogen and oxygen atoms in total. The largest absolute Gasteiger partial charge is 0.459 e. The average Bonchev–Trinajstić information content (AvgIpc) is 3.25. The van der Waals surface area contributed by atoms with Gasteiger partial charge in [-0.15, -0.1) is 11.8 Å². The lowest BCUT2D eigenvalue weighted by atomic mass is 10.1. The quantitative estimate of drug-likeness (QED) is 0.415. The average molecular weight is 469 g/mol. The molecular formula is C21H16ClF3N2O3S. The van der Waals surface area contributed by atoms with E-state index >= 15 is 0 Å². The summed E-state index contributed by atoms with van der Waals surface area (Å²) in [7, 11) is 0. The van der Waals surface area contributed by atoms with E-state index in [-0.39, 0.29) is 11.4 Å². The smallest absolute Gasteiger partial charge is 0.418 e. The molecule has 0 aliphatic carbocycles. The van der Waals surface area contributed by atoms with Crippen molar-refractivity contribution in [1.29, 1.82) is 0 Å². The minimum Gasteiger partial charge on any atom is -0.459 e. The molecule has 10 heteroatoms. The number of hydrogen-bond donors (Lipinski definition) is 2. The first-order valence-corrected chi connectivity index (χ1v) is 10.2. The van der Waals surface area contributed by atoms with Gasteiger partial charge < -0.3 is 15.1 Å². The van der Waals surface area contributed by atoms with Crippen molar-refractivity contribution in [3.8, 4) is 0 Å². The summed E-state index contributed by atoms with van der Waals surface area (Å²) in [6, 6.07) is 12.7. The summed E-state index contributed by atoms with van der Waals surface area (Å²) in [5.41, 5.74) is -1.57. The molecule has 162 valence electrons. The predicted molar refractivity (Wildman–Crippen MR) is 114 cm³/mol. The van der Waals surface area contributed by atoms with Gasteiger partial charge in [-0.2, -0.15) is 13.2 Å². The molecule has 1 heterocycles. The molecule has 0 aliphatic heterocycles. The molecule has 0 aliphatic rings. The molecule has 0 saturated carbocycles. The lowest BCUT2D eigenvalue weighted by Crippen LogP contribution is -2.24. The zero-order valence-corrected chi connectivity index (χ0v) is 17.6. The van der Waals surface area contributed by atoms with Crippen LogP contribution in [0.15, 0.2) is 70.2 Å². The maximum atomic E-state index is 13.6. The Labute approximate surface area is 185 Å². The molecule has 3 rings (SSSR count). The lowest BCUT2D eigenvalue weighted by molar-refractivity contribution is -0.136. The summed E-state index contributed by atoms with van der Waals surface area (Å²) in [4.78, 5) is 25.2. The van der Waals surface area contributed by atoms with Crippen molar-refractivity contribution in [1.82, 2.24) is 0 Å². The van der Waals surface area contributed by atoms with Gasteiger partial charge in [-0.1, -0.05) is 11.6 Å². The van der Waals surface area contributed by atoms with E-state index in [2.05, 4.69) is 10.6 Å². The Balaban J connectivity index is 1.75. The number of amides is 2. The van der Waals surface area contributed by atoms with Crippen LogP contribution in [0.25, 0.3) is 0 Å². The van der Waals surface area contributed by atoms with Gasteiger partial charge in [-0.25, -0.2) is 0 Å². The molecule has 1 aromatic heterocycles. The van der Waals surface area contributed by atoms with E-state index in [9.17, 15) is 22.8 Å². The summed E-state index contributed by atoms with van der Waals surface area (Å²) in [5, 5.41) is 4.53. The zero-order valence-electron chi connectivity index (χ0n) is 16.0. The molecule has 31 heavy (non-hydrogen) atoms. The molecule has 1 unspecified atom stereocenters. The standard InChI is InChI=1S/C21H16ClF3N2O3S/c1-12(31-15-7-4-13(22)5-8-15)19(28)27-17-9-6-14(11-16(17)21(23,24)25)26-20(29)18-3-2-10-30-18/h2-12H,1H3,(H,26,29)(H,27,28). The minimum atomic E-state index is -4.75. The molecule has 0 fully saturated rings. The van der Waals surface area contributed by atoms with Gasteiger partial charge >= 0.3 is 6.18 Å². The number of hydrogen-bond acceptors (Lipinski definition) is 4. The highest BCUT2D eigenvalue weighted by atomic mass is 35.5. The van der Waals surface area contributed by atoms with E-state index in [1.807, 2.05) is 0 Å². The number of anilines is 2. The second-order valence-corrected chi connectivity index (χ2v) is 8.24. The van der Waals surface area contributed by atoms with E-state index in [4.69, 9.17) is 16.0 Å². The number of nitrogens with one attached hydrogen (secondary N) is 2. The number of rotatable bonds is 6. The van der Waals surface area contributed by atoms with Crippen LogP contribution in [-0.2, 0) is 11.0 Å². The van der Waals surface area contributed by atoms with Crippen molar-refractivity contribution >= 4 is 46.6 Å². The van der Waals surface area contributed by atoms with E-state index in [0.717, 1.165) is 17.0 Å².